The molecule has 3 N–H and O–H groups in total. The molecule has 0 amide bonds. The molecule has 0 fully saturated rings. The van der Waals surface area contributed by atoms with Crippen LogP contribution in [0.3, 0.4) is 0 Å². The van der Waals surface area contributed by atoms with Crippen molar-refractivity contribution in [3.8, 4) is 0 Å². The minimum absolute atomic E-state index is 0.250. The maximum absolute atomic E-state index is 11.7. The second-order valence-corrected chi connectivity index (χ2v) is 4.60. The Balaban J connectivity index is 2.35. The highest BCUT2D eigenvalue weighted by atomic mass is 32.1. The lowest BCUT2D eigenvalue weighted by molar-refractivity contribution is 0.618. The summed E-state index contributed by atoms with van der Waals surface area (Å²) in [6.07, 6.45) is 1.44. The Hall–Kier alpha value is -2.21. The van der Waals surface area contributed by atoms with E-state index < -0.39 is 11.2 Å². The molecule has 0 saturated heterocycles. The van der Waals surface area contributed by atoms with Crippen molar-refractivity contribution in [2.24, 2.45) is 5.73 Å². The van der Waals surface area contributed by atoms with Crippen molar-refractivity contribution in [2.45, 2.75) is 12.5 Å². The molecule has 98 valence electrons. The van der Waals surface area contributed by atoms with Crippen LogP contribution in [-0.2, 0) is 6.54 Å². The summed E-state index contributed by atoms with van der Waals surface area (Å²) in [6, 6.07) is 10.8. The highest BCUT2D eigenvalue weighted by Gasteiger charge is 2.15. The number of benzene rings is 1. The van der Waals surface area contributed by atoms with Gasteiger partial charge in [-0.15, -0.1) is 0 Å². The van der Waals surface area contributed by atoms with Crippen molar-refractivity contribution in [1.29, 1.82) is 0 Å². The first-order valence-corrected chi connectivity index (χ1v) is 6.13. The first kappa shape index (κ1) is 13.2. The molecule has 0 aliphatic rings. The molecule has 1 atom stereocenters. The normalized spacial score (nSPS) is 12.0. The van der Waals surface area contributed by atoms with Crippen LogP contribution in [0.5, 0.6) is 0 Å². The average molecular weight is 275 g/mol. The summed E-state index contributed by atoms with van der Waals surface area (Å²) in [5, 5.41) is 0. The Morgan fingerprint density at radius 1 is 1.26 bits per heavy atom. The first-order valence-electron chi connectivity index (χ1n) is 5.72. The van der Waals surface area contributed by atoms with E-state index in [1.54, 1.807) is 0 Å². The van der Waals surface area contributed by atoms with E-state index in [1.807, 2.05) is 30.3 Å². The van der Waals surface area contributed by atoms with Gasteiger partial charge in [0.2, 0.25) is 0 Å². The third-order valence-electron chi connectivity index (χ3n) is 2.82. The van der Waals surface area contributed by atoms with Crippen LogP contribution < -0.4 is 17.0 Å². The van der Waals surface area contributed by atoms with E-state index in [2.05, 4.69) is 4.98 Å². The molecule has 5 nitrogen and oxygen atoms in total. The van der Waals surface area contributed by atoms with Gasteiger partial charge in [0.1, 0.15) is 0 Å². The maximum Gasteiger partial charge on any atom is 0.328 e. The zero-order valence-electron chi connectivity index (χ0n) is 10.1. The molecule has 0 bridgehead atoms. The number of nitrogens with one attached hydrogen (secondary N) is 1. The molecule has 2 aromatic rings. The molecule has 2 rings (SSSR count). The smallest absolute Gasteiger partial charge is 0.328 e. The van der Waals surface area contributed by atoms with Crippen LogP contribution in [0, 0.1) is 0 Å². The van der Waals surface area contributed by atoms with Crippen LogP contribution in [-0.4, -0.2) is 14.5 Å². The first-order chi connectivity index (χ1) is 9.08. The molecule has 1 aromatic carbocycles. The lowest BCUT2D eigenvalue weighted by Gasteiger charge is -2.16. The van der Waals surface area contributed by atoms with Gasteiger partial charge in [-0.25, -0.2) is 4.79 Å². The topological polar surface area (TPSA) is 80.9 Å². The number of nitrogens with zero attached hydrogens (tertiary/aromatic N) is 1. The van der Waals surface area contributed by atoms with Gasteiger partial charge in [-0.3, -0.25) is 14.3 Å². The standard InChI is InChI=1S/C13H13N3O2S/c14-12(19)10(9-4-2-1-3-5-9)8-16-7-6-11(17)15-13(16)18/h1-7,10H,8H2,(H2,14,19)(H,15,17,18). The molecule has 19 heavy (non-hydrogen) atoms. The molecule has 1 aromatic heterocycles. The van der Waals surface area contributed by atoms with E-state index in [0.29, 0.717) is 11.5 Å². The third kappa shape index (κ3) is 3.17. The lowest BCUT2D eigenvalue weighted by Crippen LogP contribution is -2.33. The number of hydrogen-bond donors (Lipinski definition) is 2. The fraction of sp³-hybridized carbons (Fsp3) is 0.154. The Labute approximate surface area is 114 Å². The van der Waals surface area contributed by atoms with Crippen LogP contribution in [0.15, 0.2) is 52.2 Å². The summed E-state index contributed by atoms with van der Waals surface area (Å²) < 4.78 is 1.39. The molecular weight excluding hydrogens is 262 g/mol. The second-order valence-electron chi connectivity index (χ2n) is 4.13. The van der Waals surface area contributed by atoms with Gasteiger partial charge in [-0.05, 0) is 5.56 Å². The number of aromatic amines is 1. The summed E-state index contributed by atoms with van der Waals surface area (Å²) in [7, 11) is 0. The van der Waals surface area contributed by atoms with Crippen molar-refractivity contribution in [3.63, 3.8) is 0 Å². The Morgan fingerprint density at radius 2 is 1.95 bits per heavy atom. The highest BCUT2D eigenvalue weighted by Crippen LogP contribution is 2.17. The Bertz CT molecular complexity index is 691. The minimum atomic E-state index is -0.468. The number of thiocarbonyl (C=S) groups is 1. The van der Waals surface area contributed by atoms with Crippen LogP contribution in [0.2, 0.25) is 0 Å². The zero-order chi connectivity index (χ0) is 13.8. The molecule has 0 radical (unpaired) electrons. The van der Waals surface area contributed by atoms with Crippen molar-refractivity contribution >= 4 is 17.2 Å². The van der Waals surface area contributed by atoms with Gasteiger partial charge >= 0.3 is 5.69 Å². The van der Waals surface area contributed by atoms with Crippen LogP contribution in [0.1, 0.15) is 11.5 Å². The third-order valence-corrected chi connectivity index (χ3v) is 3.11. The van der Waals surface area contributed by atoms with Crippen LogP contribution in [0.4, 0.5) is 0 Å². The van der Waals surface area contributed by atoms with E-state index in [4.69, 9.17) is 18.0 Å². The molecule has 0 aliphatic carbocycles. The molecule has 0 saturated carbocycles. The molecule has 0 aliphatic heterocycles. The number of rotatable bonds is 4. The molecule has 1 unspecified atom stereocenters. The van der Waals surface area contributed by atoms with E-state index >= 15 is 0 Å². The van der Waals surface area contributed by atoms with E-state index in [0.717, 1.165) is 5.56 Å². The van der Waals surface area contributed by atoms with Crippen molar-refractivity contribution in [2.75, 3.05) is 0 Å². The molecule has 6 heteroatoms. The largest absolute Gasteiger partial charge is 0.393 e. The second kappa shape index (κ2) is 5.62. The van der Waals surface area contributed by atoms with Crippen LogP contribution >= 0.6 is 12.2 Å². The Kier molecular flexibility index (Phi) is 3.91. The maximum atomic E-state index is 11.7. The van der Waals surface area contributed by atoms with Gasteiger partial charge in [0.05, 0.1) is 10.9 Å². The zero-order valence-corrected chi connectivity index (χ0v) is 10.9. The summed E-state index contributed by atoms with van der Waals surface area (Å²) in [5.74, 6) is -0.250. The minimum Gasteiger partial charge on any atom is -0.393 e. The number of nitrogens with two attached hydrogens (primary N) is 1. The van der Waals surface area contributed by atoms with Gasteiger partial charge in [-0.2, -0.15) is 0 Å². The van der Waals surface area contributed by atoms with Gasteiger partial charge in [-0.1, -0.05) is 42.5 Å². The van der Waals surface area contributed by atoms with Gasteiger partial charge < -0.3 is 5.73 Å². The number of hydrogen-bond acceptors (Lipinski definition) is 3. The monoisotopic (exact) mass is 275 g/mol. The summed E-state index contributed by atoms with van der Waals surface area (Å²) in [4.78, 5) is 25.2. The van der Waals surface area contributed by atoms with Crippen molar-refractivity contribution < 1.29 is 0 Å². The fourth-order valence-electron chi connectivity index (χ4n) is 1.83. The molecule has 1 heterocycles. The number of aromatic nitrogens is 2. The van der Waals surface area contributed by atoms with Gasteiger partial charge in [0.25, 0.3) is 5.56 Å². The van der Waals surface area contributed by atoms with Crippen molar-refractivity contribution in [3.05, 3.63) is 69.0 Å². The predicted octanol–water partition coefficient (Wildman–Crippen LogP) is 0.606. The Morgan fingerprint density at radius 3 is 2.53 bits per heavy atom. The van der Waals surface area contributed by atoms with Crippen molar-refractivity contribution in [1.82, 2.24) is 9.55 Å². The van der Waals surface area contributed by atoms with E-state index in [9.17, 15) is 9.59 Å². The lowest BCUT2D eigenvalue weighted by atomic mass is 9.99. The number of H-pyrrole nitrogens is 1. The summed E-state index contributed by atoms with van der Waals surface area (Å²) in [5.41, 5.74) is 5.79. The SMILES string of the molecule is NC(=S)C(Cn1ccc(=O)[nH]c1=O)c1ccccc1. The van der Waals surface area contributed by atoms with Gasteiger partial charge in [0.15, 0.2) is 0 Å². The average Bonchev–Trinajstić information content (AvgIpc) is 2.38. The molecule has 0 spiro atoms. The summed E-state index contributed by atoms with van der Waals surface area (Å²) in [6.45, 7) is 0.301. The summed E-state index contributed by atoms with van der Waals surface area (Å²) >= 11 is 5.06. The fourth-order valence-corrected chi connectivity index (χ4v) is 2.04. The van der Waals surface area contributed by atoms with E-state index in [1.165, 1.54) is 16.8 Å². The van der Waals surface area contributed by atoms with E-state index in [-0.39, 0.29) is 5.92 Å². The van der Waals surface area contributed by atoms with Crippen LogP contribution in [0.25, 0.3) is 0 Å². The molecular formula is C13H13N3O2S. The predicted molar refractivity (Wildman–Crippen MR) is 77.3 cm³/mol. The van der Waals surface area contributed by atoms with Gasteiger partial charge in [0, 0.05) is 18.8 Å². The quantitative estimate of drug-likeness (QED) is 0.801. The highest BCUT2D eigenvalue weighted by molar-refractivity contribution is 7.80.